The van der Waals surface area contributed by atoms with E-state index in [1.807, 2.05) is 0 Å². The second kappa shape index (κ2) is 33.4. The van der Waals surface area contributed by atoms with E-state index >= 15 is 13.6 Å². The van der Waals surface area contributed by atoms with E-state index in [1.165, 1.54) is 51.9 Å². The van der Waals surface area contributed by atoms with Crippen molar-refractivity contribution < 1.29 is 98.4 Å². The topological polar surface area (TPSA) is 414 Å². The molecule has 6 aliphatic rings. The van der Waals surface area contributed by atoms with Crippen LogP contribution in [0.5, 0.6) is 0 Å². The van der Waals surface area contributed by atoms with Crippen molar-refractivity contribution >= 4 is 125 Å². The number of carbonyl (C=O) groups is 8. The molecule has 3 fully saturated rings. The smallest absolute Gasteiger partial charge is 0.410 e. The third-order valence-corrected chi connectivity index (χ3v) is 19.8. The van der Waals surface area contributed by atoms with Crippen molar-refractivity contribution in [1.29, 1.82) is 0 Å². The first-order valence-electron chi connectivity index (χ1n) is 32.2. The summed E-state index contributed by atoms with van der Waals surface area (Å²) in [5, 5.41) is 13.8. The fourth-order valence-corrected chi connectivity index (χ4v) is 14.3. The van der Waals surface area contributed by atoms with Crippen molar-refractivity contribution in [3.63, 3.8) is 0 Å². The SMILES string of the molecule is CC(C)[C@H](NC(=O)CCOCCOCCNC(=O)CN1C(=O)C=CC1=O)C(=O)N[C@@H](C)C(=O)Nc1ccc(COC(=O)N(C)Cc2ccccc2C(=O)N2C/C=C/CNc3ncnc4c3ncn4[C@@H]3O[C@@H]4COP(O)(=S)O[C@H]5[C@@H](F)[C@@H](O[C@@H]5COP(=O)(S)O[C@H]4[C@H]3F)n3cnc4c2ncnc43)cc1. The number of imidazole rings is 2. The summed E-state index contributed by atoms with van der Waals surface area (Å²) in [6.45, 7) is -5.80. The quantitative estimate of drug-likeness (QED) is 0.0168. The van der Waals surface area contributed by atoms with Crippen LogP contribution in [0, 0.1) is 5.92 Å². The highest BCUT2D eigenvalue weighted by Crippen LogP contribution is 2.59. The number of hydrogen-bond donors (Lipinski definition) is 7. The lowest BCUT2D eigenvalue weighted by atomic mass is 10.0. The van der Waals surface area contributed by atoms with Crippen LogP contribution in [0.4, 0.5) is 30.9 Å². The zero-order valence-corrected chi connectivity index (χ0v) is 59.0. The van der Waals surface area contributed by atoms with Crippen molar-refractivity contribution in [3.8, 4) is 0 Å². The Morgan fingerprint density at radius 1 is 0.786 bits per heavy atom. The number of anilines is 3. The predicted octanol–water partition coefficient (Wildman–Crippen LogP) is 3.65. The molecule has 14 bridgehead atoms. The summed E-state index contributed by atoms with van der Waals surface area (Å²) in [6.07, 6.45) is -4.46. The number of ether oxygens (including phenoxy) is 5. The maximum absolute atomic E-state index is 17.1. The standard InChI is InChI=1S/C62H72F2N16O19P2S2/c1-34(2)48(75-42(81)17-21-91-23-24-92-22-19-65-43(82)26-78-44(83)15-16-45(78)84)58(86)73-35(3)57(85)74-38-13-11-36(12-14-38)27-93-62(88)76(4)25-37-9-5-6-10-39(37)59(87)77-20-8-7-18-66-53-49-54(68-30-67-53)79(32-71-49)60-46(63)51-40(96-60)28-94-101(90,103)99-52-41(29-95-100(89,102)98-51)97-61(47(52)64)80-33-72-50-55(77)69-31-70-56(50)80/h5-16,30-35,40-41,46-48,51-52,60-61H,17-29H2,1-4H3,(H,65,82)(H,73,86)(H,74,85)(H,75,81)(H,89,102)(H,90,103)(H,66,67,68)/b8-7+/t35-,40+,41+,46+,47+,48-,51+,52+,60+,61+,100?,101?/m0/s1. The second-order valence-electron chi connectivity index (χ2n) is 24.2. The molecule has 41 heteroatoms. The predicted molar refractivity (Wildman–Crippen MR) is 365 cm³/mol. The summed E-state index contributed by atoms with van der Waals surface area (Å²) < 4.78 is 102. The van der Waals surface area contributed by atoms with Gasteiger partial charge in [-0.3, -0.25) is 66.1 Å². The lowest BCUT2D eigenvalue weighted by Gasteiger charge is -2.29. The summed E-state index contributed by atoms with van der Waals surface area (Å²) in [5.41, 5.74) is 1.66. The molecule has 6 N–H and O–H groups in total. The molecule has 35 nitrogen and oxygen atoms in total. The minimum Gasteiger partial charge on any atom is -0.445 e. The van der Waals surface area contributed by atoms with Gasteiger partial charge in [-0.15, -0.1) is 0 Å². The molecule has 3 saturated heterocycles. The number of carbonyl (C=O) groups excluding carboxylic acids is 8. The molecule has 0 spiro atoms. The van der Waals surface area contributed by atoms with Crippen LogP contribution < -0.4 is 31.5 Å². The van der Waals surface area contributed by atoms with Crippen LogP contribution in [-0.4, -0.2) is 223 Å². The molecule has 4 aromatic heterocycles. The molecule has 0 aliphatic carbocycles. The lowest BCUT2D eigenvalue weighted by molar-refractivity contribution is -0.141. The summed E-state index contributed by atoms with van der Waals surface area (Å²) in [6, 6.07) is 10.9. The fraction of sp³-hybridized carbons (Fsp3) is 0.452. The minimum absolute atomic E-state index is 0.00678. The zero-order valence-electron chi connectivity index (χ0n) is 55.5. The molecule has 0 saturated carbocycles. The Kier molecular flexibility index (Phi) is 24.5. The van der Waals surface area contributed by atoms with E-state index < -0.39 is 142 Å². The molecule has 12 atom stereocenters. The molecule has 0 radical (unpaired) electrons. The highest BCUT2D eigenvalue weighted by molar-refractivity contribution is 8.44. The Balaban J connectivity index is 0.702. The third kappa shape index (κ3) is 18.3. The van der Waals surface area contributed by atoms with E-state index in [9.17, 15) is 43.0 Å². The molecule has 2 aromatic carbocycles. The number of benzene rings is 2. The first-order valence-corrected chi connectivity index (χ1v) is 37.5. The van der Waals surface area contributed by atoms with Crippen molar-refractivity contribution in [3.05, 3.63) is 115 Å². The summed E-state index contributed by atoms with van der Waals surface area (Å²) in [4.78, 5) is 145. The average Bonchev–Trinajstić information content (AvgIpc) is 1.66. The van der Waals surface area contributed by atoms with E-state index in [1.54, 1.807) is 74.5 Å². The van der Waals surface area contributed by atoms with Gasteiger partial charge in [0.1, 0.15) is 62.3 Å². The number of hydrogen-bond acceptors (Lipinski definition) is 26. The van der Waals surface area contributed by atoms with Crippen LogP contribution in [-0.2, 0) is 100 Å². The number of nitrogens with one attached hydrogen (secondary N) is 5. The number of imide groups is 1. The van der Waals surface area contributed by atoms with Gasteiger partial charge in [0.2, 0.25) is 23.6 Å². The number of amides is 8. The van der Waals surface area contributed by atoms with Gasteiger partial charge in [0, 0.05) is 63.1 Å². The highest BCUT2D eigenvalue weighted by Gasteiger charge is 2.54. The van der Waals surface area contributed by atoms with Gasteiger partial charge in [0.15, 0.2) is 58.8 Å². The Hall–Kier alpha value is -8.69. The van der Waals surface area contributed by atoms with Crippen LogP contribution in [0.1, 0.15) is 61.1 Å². The molecular formula is C62H72F2N16O19P2S2. The molecule has 6 aromatic rings. The number of nitrogens with zero attached hydrogens (tertiary/aromatic N) is 11. The van der Waals surface area contributed by atoms with E-state index in [-0.39, 0.29) is 111 Å². The van der Waals surface area contributed by atoms with Crippen LogP contribution in [0.25, 0.3) is 22.3 Å². The van der Waals surface area contributed by atoms with Crippen molar-refractivity contribution in [2.45, 2.75) is 102 Å². The van der Waals surface area contributed by atoms with Crippen LogP contribution in [0.2, 0.25) is 0 Å². The van der Waals surface area contributed by atoms with E-state index in [2.05, 4.69) is 68.7 Å². The van der Waals surface area contributed by atoms with Crippen LogP contribution in [0.3, 0.4) is 0 Å². The van der Waals surface area contributed by atoms with Gasteiger partial charge in [-0.05, 0) is 54.0 Å². The van der Waals surface area contributed by atoms with E-state index in [0.29, 0.717) is 16.8 Å². The lowest BCUT2D eigenvalue weighted by Crippen LogP contribution is -2.53. The van der Waals surface area contributed by atoms with Gasteiger partial charge in [0.05, 0.1) is 52.3 Å². The molecule has 8 amide bonds. The van der Waals surface area contributed by atoms with Gasteiger partial charge < -0.3 is 64.6 Å². The van der Waals surface area contributed by atoms with Crippen LogP contribution >= 0.6 is 25.8 Å². The molecule has 2 unspecified atom stereocenters. The van der Waals surface area contributed by atoms with Gasteiger partial charge >= 0.3 is 19.6 Å². The van der Waals surface area contributed by atoms with E-state index in [4.69, 9.17) is 53.6 Å². The number of alkyl halides is 2. The summed E-state index contributed by atoms with van der Waals surface area (Å²) >= 11 is 9.48. The minimum atomic E-state index is -4.56. The Morgan fingerprint density at radius 3 is 2.13 bits per heavy atom. The molecule has 6 aliphatic heterocycles. The first-order chi connectivity index (χ1) is 49.3. The maximum atomic E-state index is 17.1. The van der Waals surface area contributed by atoms with Crippen molar-refractivity contribution in [2.75, 3.05) is 88.4 Å². The largest absolute Gasteiger partial charge is 0.445 e. The molecule has 10 heterocycles. The number of rotatable bonds is 22. The van der Waals surface area contributed by atoms with Crippen LogP contribution in [0.15, 0.2) is 98.1 Å². The third-order valence-electron chi connectivity index (χ3n) is 16.6. The number of thiol groups is 1. The van der Waals surface area contributed by atoms with Gasteiger partial charge in [-0.25, -0.2) is 48.0 Å². The normalized spacial score (nSPS) is 25.1. The van der Waals surface area contributed by atoms with Gasteiger partial charge in [-0.1, -0.05) is 68.6 Å². The molecule has 12 rings (SSSR count). The Bertz CT molecular complexity index is 4320. The fourth-order valence-electron chi connectivity index (χ4n) is 11.3. The van der Waals surface area contributed by atoms with Gasteiger partial charge in [-0.2, -0.15) is 0 Å². The highest BCUT2D eigenvalue weighted by atomic mass is 32.7. The van der Waals surface area contributed by atoms with E-state index in [0.717, 1.165) is 23.4 Å². The molecular weight excluding hydrogens is 1440 g/mol. The average molecular weight is 1510 g/mol. The van der Waals surface area contributed by atoms with Gasteiger partial charge in [0.25, 0.3) is 17.7 Å². The number of fused-ring (bicyclic) bond motifs is 10. The number of halogens is 2. The molecule has 103 heavy (non-hydrogen) atoms. The maximum Gasteiger partial charge on any atom is 0.410 e. The summed E-state index contributed by atoms with van der Waals surface area (Å²) in [7, 11) is 1.48. The van der Waals surface area contributed by atoms with Crippen molar-refractivity contribution in [2.24, 2.45) is 5.92 Å². The Labute approximate surface area is 596 Å². The Morgan fingerprint density at radius 2 is 1.43 bits per heavy atom. The second-order valence-corrected chi connectivity index (χ2v) is 29.9. The first kappa shape index (κ1) is 75.5. The monoisotopic (exact) mass is 1510 g/mol. The molecule has 550 valence electrons. The zero-order chi connectivity index (χ0) is 73.3. The number of aromatic nitrogens is 8. The summed E-state index contributed by atoms with van der Waals surface area (Å²) in [5.74, 6) is -4.07. The van der Waals surface area contributed by atoms with Crippen molar-refractivity contribution in [1.82, 2.24) is 64.8 Å².